The highest BCUT2D eigenvalue weighted by Gasteiger charge is 2.12. The van der Waals surface area contributed by atoms with Crippen LogP contribution < -0.4 is 14.8 Å². The number of quaternary nitrogens is 1. The Balaban J connectivity index is 2.26. The topological polar surface area (TPSA) is 35.1 Å². The fourth-order valence-electron chi connectivity index (χ4n) is 1.30. The van der Waals surface area contributed by atoms with Gasteiger partial charge in [0, 0.05) is 5.56 Å². The first kappa shape index (κ1) is 7.43. The van der Waals surface area contributed by atoms with Crippen LogP contribution >= 0.6 is 0 Å². The Morgan fingerprint density at radius 3 is 3.00 bits per heavy atom. The molecule has 0 atom stereocenters. The summed E-state index contributed by atoms with van der Waals surface area (Å²) in [5, 5.41) is 2.12. The van der Waals surface area contributed by atoms with Gasteiger partial charge in [-0.1, -0.05) is 0 Å². The summed E-state index contributed by atoms with van der Waals surface area (Å²) in [4.78, 5) is 0. The molecule has 0 amide bonds. The maximum atomic E-state index is 5.25. The molecule has 0 spiro atoms. The van der Waals surface area contributed by atoms with Crippen molar-refractivity contribution in [3.8, 4) is 11.5 Å². The quantitative estimate of drug-likeness (QED) is 0.676. The highest BCUT2D eigenvalue weighted by atomic mass is 16.7. The lowest BCUT2D eigenvalue weighted by Crippen LogP contribution is -2.77. The Morgan fingerprint density at radius 2 is 2.17 bits per heavy atom. The van der Waals surface area contributed by atoms with Crippen molar-refractivity contribution in [1.29, 1.82) is 0 Å². The van der Waals surface area contributed by atoms with Gasteiger partial charge in [-0.3, -0.25) is 0 Å². The summed E-state index contributed by atoms with van der Waals surface area (Å²) in [5.41, 5.74) is 1.27. The normalized spacial score (nSPS) is 13.4. The minimum absolute atomic E-state index is 0.356. The lowest BCUT2D eigenvalue weighted by atomic mass is 10.2. The molecule has 0 unspecified atom stereocenters. The molecule has 0 bridgehead atoms. The van der Waals surface area contributed by atoms with Crippen molar-refractivity contribution in [2.24, 2.45) is 0 Å². The van der Waals surface area contributed by atoms with Crippen molar-refractivity contribution in [1.82, 2.24) is 0 Å². The number of nitrogens with two attached hydrogens (primary N) is 1. The van der Waals surface area contributed by atoms with Crippen LogP contribution in [0.1, 0.15) is 5.56 Å². The third-order valence-electron chi connectivity index (χ3n) is 1.88. The third-order valence-corrected chi connectivity index (χ3v) is 1.88. The monoisotopic (exact) mass is 166 g/mol. The Bertz CT molecular complexity index is 286. The first-order chi connectivity index (χ1) is 5.90. The fourth-order valence-corrected chi connectivity index (χ4v) is 1.30. The van der Waals surface area contributed by atoms with Crippen molar-refractivity contribution in [2.45, 2.75) is 6.54 Å². The molecule has 12 heavy (non-hydrogen) atoms. The predicted octanol–water partition coefficient (Wildman–Crippen LogP) is 0.108. The zero-order valence-electron chi connectivity index (χ0n) is 7.04. The second-order valence-corrected chi connectivity index (χ2v) is 2.80. The number of benzene rings is 1. The average molecular weight is 166 g/mol. The summed E-state index contributed by atoms with van der Waals surface area (Å²) < 4.78 is 10.4. The molecule has 3 heteroatoms. The number of fused-ring (bicyclic) bond motifs is 1. The minimum atomic E-state index is 0.356. The summed E-state index contributed by atoms with van der Waals surface area (Å²) in [5.74, 6) is 1.73. The van der Waals surface area contributed by atoms with Crippen LogP contribution in [0.4, 0.5) is 0 Å². The van der Waals surface area contributed by atoms with Crippen molar-refractivity contribution < 1.29 is 14.8 Å². The van der Waals surface area contributed by atoms with Gasteiger partial charge in [-0.2, -0.15) is 0 Å². The lowest BCUT2D eigenvalue weighted by Gasteiger charge is -1.99. The molecule has 1 aromatic carbocycles. The van der Waals surface area contributed by atoms with E-state index in [9.17, 15) is 0 Å². The molecule has 0 saturated heterocycles. The highest BCUT2D eigenvalue weighted by molar-refractivity contribution is 5.44. The van der Waals surface area contributed by atoms with Crippen molar-refractivity contribution >= 4 is 0 Å². The van der Waals surface area contributed by atoms with Gasteiger partial charge in [0.05, 0.1) is 7.05 Å². The van der Waals surface area contributed by atoms with Crippen LogP contribution in [0.2, 0.25) is 0 Å². The Labute approximate surface area is 71.3 Å². The van der Waals surface area contributed by atoms with Crippen LogP contribution in [0.25, 0.3) is 0 Å². The van der Waals surface area contributed by atoms with Crippen LogP contribution in [-0.2, 0) is 6.54 Å². The van der Waals surface area contributed by atoms with E-state index in [1.807, 2.05) is 19.2 Å². The van der Waals surface area contributed by atoms with Gasteiger partial charge < -0.3 is 14.8 Å². The summed E-state index contributed by atoms with van der Waals surface area (Å²) in [6.45, 7) is 1.34. The molecule has 1 heterocycles. The van der Waals surface area contributed by atoms with Crippen LogP contribution in [-0.4, -0.2) is 13.8 Å². The number of rotatable bonds is 2. The standard InChI is InChI=1S/C9H11NO2/c1-10-5-7-2-3-8-9(4-7)12-6-11-8/h2-4,10H,5-6H2,1H3/p+1. The van der Waals surface area contributed by atoms with Crippen molar-refractivity contribution in [3.05, 3.63) is 23.8 Å². The van der Waals surface area contributed by atoms with Crippen LogP contribution in [0.15, 0.2) is 18.2 Å². The van der Waals surface area contributed by atoms with E-state index in [1.165, 1.54) is 5.56 Å². The van der Waals surface area contributed by atoms with Crippen LogP contribution in [0, 0.1) is 0 Å². The van der Waals surface area contributed by atoms with Gasteiger partial charge in [0.25, 0.3) is 0 Å². The molecule has 1 aromatic rings. The molecule has 2 N–H and O–H groups in total. The van der Waals surface area contributed by atoms with Crippen molar-refractivity contribution in [3.63, 3.8) is 0 Å². The average Bonchev–Trinajstić information content (AvgIpc) is 2.51. The van der Waals surface area contributed by atoms with Gasteiger partial charge in [-0.15, -0.1) is 0 Å². The second-order valence-electron chi connectivity index (χ2n) is 2.80. The first-order valence-corrected chi connectivity index (χ1v) is 4.06. The van der Waals surface area contributed by atoms with E-state index in [2.05, 4.69) is 11.4 Å². The molecule has 1 aliphatic rings. The zero-order chi connectivity index (χ0) is 8.39. The third kappa shape index (κ3) is 1.23. The van der Waals surface area contributed by atoms with Gasteiger partial charge in [0.15, 0.2) is 11.5 Å². The summed E-state index contributed by atoms with van der Waals surface area (Å²) >= 11 is 0. The van der Waals surface area contributed by atoms with Gasteiger partial charge in [0.1, 0.15) is 6.54 Å². The first-order valence-electron chi connectivity index (χ1n) is 4.06. The van der Waals surface area contributed by atoms with Crippen LogP contribution in [0.5, 0.6) is 11.5 Å². The molecular weight excluding hydrogens is 154 g/mol. The van der Waals surface area contributed by atoms with Gasteiger partial charge in [-0.25, -0.2) is 0 Å². The predicted molar refractivity (Wildman–Crippen MR) is 44.1 cm³/mol. The molecule has 0 fully saturated rings. The smallest absolute Gasteiger partial charge is 0.231 e. The number of ether oxygens (including phenoxy) is 2. The molecular formula is C9H12NO2+. The van der Waals surface area contributed by atoms with Gasteiger partial charge in [-0.05, 0) is 18.2 Å². The van der Waals surface area contributed by atoms with E-state index < -0.39 is 0 Å². The largest absolute Gasteiger partial charge is 0.454 e. The maximum absolute atomic E-state index is 5.25. The summed E-state index contributed by atoms with van der Waals surface area (Å²) in [7, 11) is 2.05. The Morgan fingerprint density at radius 1 is 1.33 bits per heavy atom. The maximum Gasteiger partial charge on any atom is 0.231 e. The highest BCUT2D eigenvalue weighted by Crippen LogP contribution is 2.32. The Kier molecular flexibility index (Phi) is 1.87. The lowest BCUT2D eigenvalue weighted by molar-refractivity contribution is -0.643. The van der Waals surface area contributed by atoms with Crippen molar-refractivity contribution in [2.75, 3.05) is 13.8 Å². The van der Waals surface area contributed by atoms with E-state index in [4.69, 9.17) is 9.47 Å². The summed E-state index contributed by atoms with van der Waals surface area (Å²) in [6.07, 6.45) is 0. The molecule has 0 saturated carbocycles. The van der Waals surface area contributed by atoms with E-state index >= 15 is 0 Å². The molecule has 2 rings (SSSR count). The fraction of sp³-hybridized carbons (Fsp3) is 0.333. The zero-order valence-corrected chi connectivity index (χ0v) is 7.04. The van der Waals surface area contributed by atoms with E-state index in [-0.39, 0.29) is 0 Å². The van der Waals surface area contributed by atoms with Gasteiger partial charge >= 0.3 is 0 Å². The molecule has 0 radical (unpaired) electrons. The molecule has 0 aromatic heterocycles. The molecule has 3 nitrogen and oxygen atoms in total. The van der Waals surface area contributed by atoms with Gasteiger partial charge in [0.2, 0.25) is 6.79 Å². The van der Waals surface area contributed by atoms with Crippen LogP contribution in [0.3, 0.4) is 0 Å². The number of hydrogen-bond acceptors (Lipinski definition) is 2. The SMILES string of the molecule is C[NH2+]Cc1ccc2c(c1)OCO2. The molecule has 1 aliphatic heterocycles. The van der Waals surface area contributed by atoms with E-state index in [0.29, 0.717) is 6.79 Å². The second kappa shape index (κ2) is 3.03. The number of hydrogen-bond donors (Lipinski definition) is 1. The van der Waals surface area contributed by atoms with E-state index in [0.717, 1.165) is 18.0 Å². The molecule has 64 valence electrons. The van der Waals surface area contributed by atoms with E-state index in [1.54, 1.807) is 0 Å². The minimum Gasteiger partial charge on any atom is -0.454 e. The molecule has 0 aliphatic carbocycles. The Hall–Kier alpha value is -1.22. The summed E-state index contributed by atoms with van der Waals surface area (Å²) in [6, 6.07) is 6.05.